The average Bonchev–Trinajstić information content (AvgIpc) is 2.80. The number of alkyl halides is 1. The van der Waals surface area contributed by atoms with Gasteiger partial charge in [0.05, 0.1) is 15.6 Å². The fourth-order valence-corrected chi connectivity index (χ4v) is 4.35. The van der Waals surface area contributed by atoms with Crippen LogP contribution < -0.4 is 4.90 Å². The van der Waals surface area contributed by atoms with Crippen LogP contribution in [-0.4, -0.2) is 28.4 Å². The van der Waals surface area contributed by atoms with Crippen LogP contribution in [-0.2, 0) is 0 Å². The molecule has 0 N–H and O–H groups in total. The molecule has 1 fully saturated rings. The van der Waals surface area contributed by atoms with E-state index in [9.17, 15) is 0 Å². The number of anilines is 1. The molecule has 0 amide bonds. The van der Waals surface area contributed by atoms with Gasteiger partial charge < -0.3 is 4.90 Å². The van der Waals surface area contributed by atoms with Gasteiger partial charge in [-0.2, -0.15) is 0 Å². The first-order valence-corrected chi connectivity index (χ1v) is 8.06. The number of aromatic nitrogens is 2. The molecule has 0 radical (unpaired) electrons. The summed E-state index contributed by atoms with van der Waals surface area (Å²) in [7, 11) is 2.11. The molecule has 2 aromatic rings. The molecule has 1 aliphatic carbocycles. The number of fused-ring (bicyclic) bond motifs is 1. The van der Waals surface area contributed by atoms with Gasteiger partial charge in [-0.1, -0.05) is 12.8 Å². The topological polar surface area (TPSA) is 29.0 Å². The molecule has 2 aromatic heterocycles. The summed E-state index contributed by atoms with van der Waals surface area (Å²) in [6, 6.07) is 0.385. The molecule has 1 saturated carbocycles. The Morgan fingerprint density at radius 2 is 2.11 bits per heavy atom. The highest BCUT2D eigenvalue weighted by atomic mass is 35.5. The minimum Gasteiger partial charge on any atom is -0.354 e. The molecule has 5 heteroatoms. The zero-order valence-corrected chi connectivity index (χ0v) is 12.8. The largest absolute Gasteiger partial charge is 0.354 e. The van der Waals surface area contributed by atoms with Gasteiger partial charge in [0.25, 0.3) is 0 Å². The number of nitrogens with zero attached hydrogens (tertiary/aromatic N) is 3. The highest BCUT2D eigenvalue weighted by Gasteiger charge is 2.28. The Labute approximate surface area is 122 Å². The number of hydrogen-bond donors (Lipinski definition) is 0. The molecule has 0 aromatic carbocycles. The SMILES string of the molecule is Cc1csc2c(N(C)C3CCCCC3Cl)ncnc12. The normalized spacial score (nSPS) is 23.7. The highest BCUT2D eigenvalue weighted by molar-refractivity contribution is 7.18. The van der Waals surface area contributed by atoms with Crippen molar-refractivity contribution in [2.75, 3.05) is 11.9 Å². The van der Waals surface area contributed by atoms with E-state index >= 15 is 0 Å². The molecule has 3 nitrogen and oxygen atoms in total. The van der Waals surface area contributed by atoms with Crippen molar-refractivity contribution in [1.82, 2.24) is 9.97 Å². The molecule has 19 heavy (non-hydrogen) atoms. The van der Waals surface area contributed by atoms with Crippen molar-refractivity contribution in [3.8, 4) is 0 Å². The molecule has 2 atom stereocenters. The predicted octanol–water partition coefficient (Wildman–Crippen LogP) is 3.99. The Balaban J connectivity index is 1.99. The van der Waals surface area contributed by atoms with Crippen molar-refractivity contribution >= 4 is 39.0 Å². The zero-order chi connectivity index (χ0) is 13.4. The summed E-state index contributed by atoms with van der Waals surface area (Å²) in [5.74, 6) is 1.03. The van der Waals surface area contributed by atoms with Crippen LogP contribution in [0.3, 0.4) is 0 Å². The van der Waals surface area contributed by atoms with Crippen molar-refractivity contribution in [3.05, 3.63) is 17.3 Å². The standard InChI is InChI=1S/C14H18ClN3S/c1-9-7-19-13-12(9)16-8-17-14(13)18(2)11-6-4-3-5-10(11)15/h7-8,10-11H,3-6H2,1-2H3. The lowest BCUT2D eigenvalue weighted by Crippen LogP contribution is -2.41. The number of aryl methyl sites for hydroxylation is 1. The van der Waals surface area contributed by atoms with E-state index in [0.29, 0.717) is 6.04 Å². The molecular weight excluding hydrogens is 278 g/mol. The maximum atomic E-state index is 6.50. The van der Waals surface area contributed by atoms with Crippen LogP contribution in [0.2, 0.25) is 0 Å². The molecule has 0 bridgehead atoms. The number of rotatable bonds is 2. The van der Waals surface area contributed by atoms with Gasteiger partial charge in [0.15, 0.2) is 0 Å². The summed E-state index contributed by atoms with van der Waals surface area (Å²) in [5.41, 5.74) is 2.30. The van der Waals surface area contributed by atoms with Gasteiger partial charge in [0.1, 0.15) is 12.1 Å². The van der Waals surface area contributed by atoms with Gasteiger partial charge in [-0.15, -0.1) is 22.9 Å². The van der Waals surface area contributed by atoms with Crippen LogP contribution in [0.5, 0.6) is 0 Å². The summed E-state index contributed by atoms with van der Waals surface area (Å²) < 4.78 is 1.18. The Kier molecular flexibility index (Phi) is 3.63. The first-order valence-electron chi connectivity index (χ1n) is 6.74. The van der Waals surface area contributed by atoms with E-state index in [4.69, 9.17) is 11.6 Å². The zero-order valence-electron chi connectivity index (χ0n) is 11.3. The summed E-state index contributed by atoms with van der Waals surface area (Å²) in [5, 5.41) is 2.38. The van der Waals surface area contributed by atoms with E-state index in [1.807, 2.05) is 0 Å². The van der Waals surface area contributed by atoms with Gasteiger partial charge in [0.2, 0.25) is 0 Å². The Morgan fingerprint density at radius 3 is 2.89 bits per heavy atom. The van der Waals surface area contributed by atoms with Crippen molar-refractivity contribution in [1.29, 1.82) is 0 Å². The number of thiophene rings is 1. The fraction of sp³-hybridized carbons (Fsp3) is 0.571. The van der Waals surface area contributed by atoms with E-state index in [0.717, 1.165) is 24.2 Å². The summed E-state index contributed by atoms with van der Waals surface area (Å²) in [6.07, 6.45) is 6.43. The minimum atomic E-state index is 0.227. The molecule has 0 aliphatic heterocycles. The smallest absolute Gasteiger partial charge is 0.150 e. The van der Waals surface area contributed by atoms with Crippen LogP contribution in [0.25, 0.3) is 10.2 Å². The maximum Gasteiger partial charge on any atom is 0.150 e. The molecule has 2 unspecified atom stereocenters. The van der Waals surface area contributed by atoms with Crippen molar-refractivity contribution in [2.24, 2.45) is 0 Å². The molecule has 0 saturated heterocycles. The van der Waals surface area contributed by atoms with E-state index in [1.165, 1.54) is 23.1 Å². The van der Waals surface area contributed by atoms with Gasteiger partial charge in [-0.3, -0.25) is 0 Å². The summed E-state index contributed by atoms with van der Waals surface area (Å²) >= 11 is 8.23. The van der Waals surface area contributed by atoms with Crippen LogP contribution in [0, 0.1) is 6.92 Å². The Hall–Kier alpha value is -0.870. The van der Waals surface area contributed by atoms with Gasteiger partial charge in [-0.05, 0) is 30.7 Å². The Bertz CT molecular complexity index is 583. The highest BCUT2D eigenvalue weighted by Crippen LogP contribution is 2.34. The number of halogens is 1. The summed E-state index contributed by atoms with van der Waals surface area (Å²) in [4.78, 5) is 11.1. The second-order valence-corrected chi connectivity index (χ2v) is 6.71. The van der Waals surface area contributed by atoms with Crippen molar-refractivity contribution in [3.63, 3.8) is 0 Å². The quantitative estimate of drug-likeness (QED) is 0.785. The third-order valence-electron chi connectivity index (χ3n) is 3.99. The average molecular weight is 296 g/mol. The molecule has 3 rings (SSSR count). The first-order chi connectivity index (χ1) is 9.18. The fourth-order valence-electron chi connectivity index (χ4n) is 2.87. The molecule has 102 valence electrons. The summed E-state index contributed by atoms with van der Waals surface area (Å²) in [6.45, 7) is 2.10. The van der Waals surface area contributed by atoms with E-state index in [-0.39, 0.29) is 5.38 Å². The van der Waals surface area contributed by atoms with Gasteiger partial charge in [0, 0.05) is 13.1 Å². The number of hydrogen-bond acceptors (Lipinski definition) is 4. The monoisotopic (exact) mass is 295 g/mol. The van der Waals surface area contributed by atoms with Gasteiger partial charge >= 0.3 is 0 Å². The van der Waals surface area contributed by atoms with E-state index in [1.54, 1.807) is 17.7 Å². The van der Waals surface area contributed by atoms with Crippen molar-refractivity contribution < 1.29 is 0 Å². The van der Waals surface area contributed by atoms with Gasteiger partial charge in [-0.25, -0.2) is 9.97 Å². The predicted molar refractivity (Wildman–Crippen MR) is 82.5 cm³/mol. The van der Waals surface area contributed by atoms with Crippen LogP contribution in [0.1, 0.15) is 31.2 Å². The molecule has 1 aliphatic rings. The molecule has 2 heterocycles. The lowest BCUT2D eigenvalue weighted by Gasteiger charge is -2.35. The third kappa shape index (κ3) is 2.32. The minimum absolute atomic E-state index is 0.227. The first kappa shape index (κ1) is 13.1. The lowest BCUT2D eigenvalue weighted by atomic mass is 9.94. The molecular formula is C14H18ClN3S. The van der Waals surface area contributed by atoms with E-state index in [2.05, 4.69) is 34.2 Å². The van der Waals surface area contributed by atoms with Crippen LogP contribution >= 0.6 is 22.9 Å². The Morgan fingerprint density at radius 1 is 1.32 bits per heavy atom. The van der Waals surface area contributed by atoms with Crippen LogP contribution in [0.4, 0.5) is 5.82 Å². The van der Waals surface area contributed by atoms with E-state index < -0.39 is 0 Å². The molecule has 0 spiro atoms. The second kappa shape index (κ2) is 5.25. The van der Waals surface area contributed by atoms with Crippen LogP contribution in [0.15, 0.2) is 11.7 Å². The second-order valence-electron chi connectivity index (χ2n) is 5.27. The lowest BCUT2D eigenvalue weighted by molar-refractivity contribution is 0.433. The third-order valence-corrected chi connectivity index (χ3v) is 5.58. The van der Waals surface area contributed by atoms with Crippen molar-refractivity contribution in [2.45, 2.75) is 44.0 Å². The maximum absolute atomic E-state index is 6.50.